The topological polar surface area (TPSA) is 64.3 Å². The van der Waals surface area contributed by atoms with Crippen molar-refractivity contribution in [3.05, 3.63) is 28.8 Å². The summed E-state index contributed by atoms with van der Waals surface area (Å²) >= 11 is 0. The van der Waals surface area contributed by atoms with Crippen LogP contribution in [0, 0.1) is 20.8 Å². The van der Waals surface area contributed by atoms with Crippen LogP contribution in [0.25, 0.3) is 0 Å². The molecule has 0 atom stereocenters. The zero-order valence-electron chi connectivity index (χ0n) is 12.1. The van der Waals surface area contributed by atoms with Crippen molar-refractivity contribution < 1.29 is 9.53 Å². The number of benzene rings is 1. The molecule has 4 heteroatoms. The van der Waals surface area contributed by atoms with Gasteiger partial charge in [0.15, 0.2) is 0 Å². The van der Waals surface area contributed by atoms with Gasteiger partial charge in [0.2, 0.25) is 5.91 Å². The van der Waals surface area contributed by atoms with Crippen molar-refractivity contribution in [3.63, 3.8) is 0 Å². The smallest absolute Gasteiger partial charge is 0.233 e. The summed E-state index contributed by atoms with van der Waals surface area (Å²) in [6, 6.07) is 4.27. The molecule has 0 fully saturated rings. The van der Waals surface area contributed by atoms with Crippen LogP contribution in [0.3, 0.4) is 0 Å². The minimum absolute atomic E-state index is 0.105. The van der Waals surface area contributed by atoms with Crippen LogP contribution < -0.4 is 16.0 Å². The van der Waals surface area contributed by atoms with Crippen molar-refractivity contribution >= 4 is 5.91 Å². The Morgan fingerprint density at radius 2 is 1.79 bits per heavy atom. The number of ether oxygens (including phenoxy) is 1. The number of nitrogens with one attached hydrogen (secondary N) is 1. The third kappa shape index (κ3) is 5.30. The second kappa shape index (κ2) is 7.79. The van der Waals surface area contributed by atoms with Gasteiger partial charge in [0.25, 0.3) is 0 Å². The number of hydrogen-bond donors (Lipinski definition) is 2. The zero-order chi connectivity index (χ0) is 14.3. The summed E-state index contributed by atoms with van der Waals surface area (Å²) in [6.45, 7) is 6.92. The number of aryl methyl sites for hydroxylation is 3. The van der Waals surface area contributed by atoms with E-state index >= 15 is 0 Å². The maximum atomic E-state index is 10.9. The molecular weight excluding hydrogens is 240 g/mol. The van der Waals surface area contributed by atoms with E-state index in [-0.39, 0.29) is 5.91 Å². The molecule has 1 rings (SSSR count). The fraction of sp³-hybridized carbons (Fsp3) is 0.533. The Balaban J connectivity index is 2.28. The molecule has 0 heterocycles. The molecule has 0 radical (unpaired) electrons. The van der Waals surface area contributed by atoms with E-state index in [0.29, 0.717) is 13.0 Å². The zero-order valence-corrected chi connectivity index (χ0v) is 12.1. The molecule has 106 valence electrons. The molecule has 1 aromatic rings. The molecule has 0 aliphatic carbocycles. The van der Waals surface area contributed by atoms with Crippen molar-refractivity contribution in [1.29, 1.82) is 0 Å². The Hall–Kier alpha value is -1.55. The molecule has 0 bridgehead atoms. The molecule has 0 unspecified atom stereocenters. The second-order valence-corrected chi connectivity index (χ2v) is 4.95. The number of amides is 1. The molecule has 1 amide bonds. The third-order valence-electron chi connectivity index (χ3n) is 3.06. The van der Waals surface area contributed by atoms with Gasteiger partial charge in [-0.1, -0.05) is 17.7 Å². The Morgan fingerprint density at radius 3 is 2.37 bits per heavy atom. The van der Waals surface area contributed by atoms with E-state index in [0.717, 1.165) is 25.0 Å². The van der Waals surface area contributed by atoms with E-state index < -0.39 is 0 Å². The van der Waals surface area contributed by atoms with Gasteiger partial charge in [-0.2, -0.15) is 0 Å². The van der Waals surface area contributed by atoms with E-state index in [1.54, 1.807) is 0 Å². The Kier molecular flexibility index (Phi) is 6.36. The Morgan fingerprint density at radius 1 is 1.16 bits per heavy atom. The highest BCUT2D eigenvalue weighted by Crippen LogP contribution is 2.24. The average Bonchev–Trinajstić information content (AvgIpc) is 2.35. The Labute approximate surface area is 115 Å². The van der Waals surface area contributed by atoms with Gasteiger partial charge in [0, 0.05) is 6.42 Å². The van der Waals surface area contributed by atoms with Crippen LogP contribution in [0.2, 0.25) is 0 Å². The normalized spacial score (nSPS) is 10.3. The molecule has 0 aliphatic rings. The molecule has 1 aromatic carbocycles. The summed E-state index contributed by atoms with van der Waals surface area (Å²) in [5.41, 5.74) is 5.75. The van der Waals surface area contributed by atoms with E-state index in [4.69, 9.17) is 10.6 Å². The first-order valence-corrected chi connectivity index (χ1v) is 6.74. The molecule has 0 saturated heterocycles. The fourth-order valence-electron chi connectivity index (χ4n) is 2.21. The van der Waals surface area contributed by atoms with Crippen LogP contribution in [0.1, 0.15) is 42.4 Å². The maximum Gasteiger partial charge on any atom is 0.233 e. The quantitative estimate of drug-likeness (QED) is 0.344. The lowest BCUT2D eigenvalue weighted by Gasteiger charge is -2.13. The summed E-state index contributed by atoms with van der Waals surface area (Å²) in [6.07, 6.45) is 3.25. The minimum Gasteiger partial charge on any atom is -0.493 e. The lowest BCUT2D eigenvalue weighted by molar-refractivity contribution is -0.121. The van der Waals surface area contributed by atoms with E-state index in [1.807, 2.05) is 0 Å². The number of rotatable bonds is 7. The number of hydrogen-bond acceptors (Lipinski definition) is 3. The number of carbonyl (C=O) groups is 1. The summed E-state index contributed by atoms with van der Waals surface area (Å²) in [5.74, 6) is 5.90. The van der Waals surface area contributed by atoms with Gasteiger partial charge >= 0.3 is 0 Å². The molecule has 4 nitrogen and oxygen atoms in total. The van der Waals surface area contributed by atoms with E-state index in [9.17, 15) is 4.79 Å². The molecule has 3 N–H and O–H groups in total. The number of nitrogens with two attached hydrogens (primary N) is 1. The molecular formula is C15H24N2O2. The highest BCUT2D eigenvalue weighted by atomic mass is 16.5. The van der Waals surface area contributed by atoms with Gasteiger partial charge in [0.1, 0.15) is 5.75 Å². The highest BCUT2D eigenvalue weighted by molar-refractivity contribution is 5.75. The summed E-state index contributed by atoms with van der Waals surface area (Å²) in [4.78, 5) is 10.9. The van der Waals surface area contributed by atoms with Crippen molar-refractivity contribution in [2.45, 2.75) is 46.5 Å². The van der Waals surface area contributed by atoms with Gasteiger partial charge < -0.3 is 4.74 Å². The maximum absolute atomic E-state index is 10.9. The van der Waals surface area contributed by atoms with Crippen LogP contribution in [-0.2, 0) is 4.79 Å². The van der Waals surface area contributed by atoms with E-state index in [2.05, 4.69) is 38.3 Å². The van der Waals surface area contributed by atoms with Crippen LogP contribution >= 0.6 is 0 Å². The third-order valence-corrected chi connectivity index (χ3v) is 3.06. The van der Waals surface area contributed by atoms with Gasteiger partial charge in [-0.05, 0) is 51.2 Å². The summed E-state index contributed by atoms with van der Waals surface area (Å²) < 4.78 is 5.83. The van der Waals surface area contributed by atoms with Crippen molar-refractivity contribution in [2.75, 3.05) is 6.61 Å². The first-order chi connectivity index (χ1) is 9.04. The van der Waals surface area contributed by atoms with Crippen molar-refractivity contribution in [2.24, 2.45) is 5.84 Å². The second-order valence-electron chi connectivity index (χ2n) is 4.95. The molecule has 0 aromatic heterocycles. The number of carbonyl (C=O) groups excluding carboxylic acids is 1. The largest absolute Gasteiger partial charge is 0.493 e. The molecule has 19 heavy (non-hydrogen) atoms. The van der Waals surface area contributed by atoms with Crippen LogP contribution in [0.4, 0.5) is 0 Å². The monoisotopic (exact) mass is 264 g/mol. The van der Waals surface area contributed by atoms with Crippen LogP contribution in [0.5, 0.6) is 5.75 Å². The predicted octanol–water partition coefficient (Wildman–Crippen LogP) is 2.54. The molecule has 0 spiro atoms. The predicted molar refractivity (Wildman–Crippen MR) is 76.9 cm³/mol. The molecule has 0 aliphatic heterocycles. The number of unbranched alkanes of at least 4 members (excludes halogenated alkanes) is 2. The lowest BCUT2D eigenvalue weighted by Crippen LogP contribution is -2.29. The average molecular weight is 264 g/mol. The van der Waals surface area contributed by atoms with Crippen molar-refractivity contribution in [1.82, 2.24) is 5.43 Å². The first-order valence-electron chi connectivity index (χ1n) is 6.74. The highest BCUT2D eigenvalue weighted by Gasteiger charge is 2.05. The number of hydrazine groups is 1. The van der Waals surface area contributed by atoms with E-state index in [1.165, 1.54) is 16.7 Å². The van der Waals surface area contributed by atoms with Crippen LogP contribution in [-0.4, -0.2) is 12.5 Å². The van der Waals surface area contributed by atoms with Gasteiger partial charge in [-0.3, -0.25) is 10.2 Å². The Bertz CT molecular complexity index is 407. The fourth-order valence-corrected chi connectivity index (χ4v) is 2.21. The van der Waals surface area contributed by atoms with Gasteiger partial charge in [-0.25, -0.2) is 5.84 Å². The molecule has 0 saturated carbocycles. The SMILES string of the molecule is Cc1cc(C)c(OCCCCCC(=O)NN)c(C)c1. The van der Waals surface area contributed by atoms with Crippen molar-refractivity contribution in [3.8, 4) is 5.75 Å². The summed E-state index contributed by atoms with van der Waals surface area (Å²) in [5, 5.41) is 0. The van der Waals surface area contributed by atoms with Gasteiger partial charge in [0.05, 0.1) is 6.61 Å². The minimum atomic E-state index is -0.105. The van der Waals surface area contributed by atoms with Gasteiger partial charge in [-0.15, -0.1) is 0 Å². The lowest BCUT2D eigenvalue weighted by atomic mass is 10.1. The first kappa shape index (κ1) is 15.5. The van der Waals surface area contributed by atoms with Crippen LogP contribution in [0.15, 0.2) is 12.1 Å². The summed E-state index contributed by atoms with van der Waals surface area (Å²) in [7, 11) is 0. The standard InChI is InChI=1S/C15H24N2O2/c1-11-9-12(2)15(13(3)10-11)19-8-6-4-5-7-14(18)17-16/h9-10H,4-8,16H2,1-3H3,(H,17,18).